The van der Waals surface area contributed by atoms with Crippen molar-refractivity contribution < 1.29 is 19.2 Å². The fourth-order valence-corrected chi connectivity index (χ4v) is 1.43. The lowest BCUT2D eigenvalue weighted by molar-refractivity contribution is -0.384. The van der Waals surface area contributed by atoms with E-state index in [0.29, 0.717) is 6.29 Å². The molecule has 1 amide bonds. The summed E-state index contributed by atoms with van der Waals surface area (Å²) < 4.78 is 5.20. The van der Waals surface area contributed by atoms with Crippen LogP contribution in [0.25, 0.3) is 0 Å². The maximum Gasteiger partial charge on any atom is 0.270 e. The van der Waals surface area contributed by atoms with Crippen molar-refractivity contribution in [3.8, 4) is 5.75 Å². The van der Waals surface area contributed by atoms with Crippen LogP contribution in [0.4, 0.5) is 5.69 Å². The Kier molecular flexibility index (Phi) is 5.64. The second kappa shape index (κ2) is 7.22. The standard InChI is InChI=1S/C13H16N2O5/c1-3-9(2)14-13(17)8-20-12-5-4-11(15(18)19)6-10(12)7-16/h4-7,9H,3,8H2,1-2H3,(H,14,17). The number of nitro groups is 1. The molecule has 1 unspecified atom stereocenters. The van der Waals surface area contributed by atoms with Crippen LogP contribution in [0.1, 0.15) is 30.6 Å². The largest absolute Gasteiger partial charge is 0.483 e. The molecule has 0 saturated carbocycles. The first-order chi connectivity index (χ1) is 9.47. The van der Waals surface area contributed by atoms with Crippen molar-refractivity contribution in [2.45, 2.75) is 26.3 Å². The lowest BCUT2D eigenvalue weighted by atomic mass is 10.2. The van der Waals surface area contributed by atoms with Crippen LogP contribution in [0, 0.1) is 10.1 Å². The Bertz CT molecular complexity index is 515. The van der Waals surface area contributed by atoms with Crippen LogP contribution in [0.5, 0.6) is 5.75 Å². The van der Waals surface area contributed by atoms with Crippen LogP contribution >= 0.6 is 0 Å². The minimum Gasteiger partial charge on any atom is -0.483 e. The minimum atomic E-state index is -0.605. The summed E-state index contributed by atoms with van der Waals surface area (Å²) in [5.41, 5.74) is -0.168. The Labute approximate surface area is 116 Å². The van der Waals surface area contributed by atoms with Gasteiger partial charge in [0.15, 0.2) is 12.9 Å². The summed E-state index contributed by atoms with van der Waals surface area (Å²) in [5, 5.41) is 13.3. The van der Waals surface area contributed by atoms with Crippen molar-refractivity contribution in [3.05, 3.63) is 33.9 Å². The van der Waals surface area contributed by atoms with Gasteiger partial charge in [-0.25, -0.2) is 0 Å². The number of carbonyl (C=O) groups is 2. The van der Waals surface area contributed by atoms with E-state index >= 15 is 0 Å². The van der Waals surface area contributed by atoms with Gasteiger partial charge in [0.25, 0.3) is 11.6 Å². The Morgan fingerprint density at radius 1 is 1.55 bits per heavy atom. The zero-order valence-electron chi connectivity index (χ0n) is 11.3. The average molecular weight is 280 g/mol. The molecule has 108 valence electrons. The first-order valence-corrected chi connectivity index (χ1v) is 6.13. The number of benzene rings is 1. The highest BCUT2D eigenvalue weighted by Gasteiger charge is 2.13. The van der Waals surface area contributed by atoms with Gasteiger partial charge in [0.1, 0.15) is 5.75 Å². The van der Waals surface area contributed by atoms with E-state index in [4.69, 9.17) is 4.74 Å². The van der Waals surface area contributed by atoms with Gasteiger partial charge in [0.05, 0.1) is 10.5 Å². The third-order valence-corrected chi connectivity index (χ3v) is 2.71. The SMILES string of the molecule is CCC(C)NC(=O)COc1ccc([N+](=O)[O-])cc1C=O. The van der Waals surface area contributed by atoms with E-state index in [1.807, 2.05) is 13.8 Å². The van der Waals surface area contributed by atoms with E-state index in [-0.39, 0.29) is 35.6 Å². The van der Waals surface area contributed by atoms with Crippen LogP contribution in [-0.4, -0.2) is 29.8 Å². The van der Waals surface area contributed by atoms with Crippen LogP contribution in [-0.2, 0) is 4.79 Å². The molecule has 0 aliphatic carbocycles. The molecule has 0 aromatic heterocycles. The highest BCUT2D eigenvalue weighted by molar-refractivity contribution is 5.82. The highest BCUT2D eigenvalue weighted by atomic mass is 16.6. The van der Waals surface area contributed by atoms with Gasteiger partial charge in [-0.3, -0.25) is 19.7 Å². The van der Waals surface area contributed by atoms with Gasteiger partial charge in [0.2, 0.25) is 0 Å². The average Bonchev–Trinajstić information content (AvgIpc) is 2.44. The predicted molar refractivity (Wildman–Crippen MR) is 71.9 cm³/mol. The summed E-state index contributed by atoms with van der Waals surface area (Å²) in [4.78, 5) is 32.4. The molecule has 0 fully saturated rings. The highest BCUT2D eigenvalue weighted by Crippen LogP contribution is 2.22. The topological polar surface area (TPSA) is 98.5 Å². The van der Waals surface area contributed by atoms with E-state index < -0.39 is 4.92 Å². The molecule has 1 N–H and O–H groups in total. The maximum atomic E-state index is 11.5. The summed E-state index contributed by atoms with van der Waals surface area (Å²) >= 11 is 0. The third-order valence-electron chi connectivity index (χ3n) is 2.71. The zero-order chi connectivity index (χ0) is 15.1. The Hall–Kier alpha value is -2.44. The summed E-state index contributed by atoms with van der Waals surface area (Å²) in [6.07, 6.45) is 1.25. The summed E-state index contributed by atoms with van der Waals surface area (Å²) in [5.74, 6) is -0.167. The molecule has 1 aromatic rings. The molecule has 20 heavy (non-hydrogen) atoms. The lowest BCUT2D eigenvalue weighted by Crippen LogP contribution is -2.35. The van der Waals surface area contributed by atoms with Crippen molar-refractivity contribution in [1.82, 2.24) is 5.32 Å². The molecule has 7 nitrogen and oxygen atoms in total. The van der Waals surface area contributed by atoms with Crippen molar-refractivity contribution in [3.63, 3.8) is 0 Å². The monoisotopic (exact) mass is 280 g/mol. The maximum absolute atomic E-state index is 11.5. The number of nitrogens with one attached hydrogen (secondary N) is 1. The molecule has 0 saturated heterocycles. The number of hydrogen-bond acceptors (Lipinski definition) is 5. The molecule has 0 heterocycles. The van der Waals surface area contributed by atoms with E-state index in [2.05, 4.69) is 5.32 Å². The number of carbonyl (C=O) groups excluding carboxylic acids is 2. The Morgan fingerprint density at radius 2 is 2.25 bits per heavy atom. The summed E-state index contributed by atoms with van der Waals surface area (Å²) in [6, 6.07) is 3.66. The van der Waals surface area contributed by atoms with Gasteiger partial charge >= 0.3 is 0 Å². The molecule has 1 atom stereocenters. The van der Waals surface area contributed by atoms with E-state index in [9.17, 15) is 19.7 Å². The number of amides is 1. The van der Waals surface area contributed by atoms with Crippen molar-refractivity contribution in [2.24, 2.45) is 0 Å². The molecule has 0 radical (unpaired) electrons. The molecule has 0 aliphatic rings. The first kappa shape index (κ1) is 15.6. The van der Waals surface area contributed by atoms with Gasteiger partial charge in [0, 0.05) is 18.2 Å². The quantitative estimate of drug-likeness (QED) is 0.465. The predicted octanol–water partition coefficient (Wildman–Crippen LogP) is 1.70. The second-order valence-electron chi connectivity index (χ2n) is 4.26. The first-order valence-electron chi connectivity index (χ1n) is 6.13. The van der Waals surface area contributed by atoms with Crippen molar-refractivity contribution in [2.75, 3.05) is 6.61 Å². The van der Waals surface area contributed by atoms with Crippen LogP contribution in [0.3, 0.4) is 0 Å². The fraction of sp³-hybridized carbons (Fsp3) is 0.385. The normalized spacial score (nSPS) is 11.5. The molecule has 0 spiro atoms. The van der Waals surface area contributed by atoms with Gasteiger partial charge in [-0.05, 0) is 19.4 Å². The van der Waals surface area contributed by atoms with E-state index in [1.165, 1.54) is 12.1 Å². The number of hydrogen-bond donors (Lipinski definition) is 1. The van der Waals surface area contributed by atoms with Gasteiger partial charge in [-0.15, -0.1) is 0 Å². The second-order valence-corrected chi connectivity index (χ2v) is 4.26. The summed E-state index contributed by atoms with van der Waals surface area (Å²) in [7, 11) is 0. The molecule has 1 aromatic carbocycles. The lowest BCUT2D eigenvalue weighted by Gasteiger charge is -2.12. The van der Waals surface area contributed by atoms with E-state index in [0.717, 1.165) is 12.5 Å². The van der Waals surface area contributed by atoms with E-state index in [1.54, 1.807) is 0 Å². The molecule has 0 bridgehead atoms. The summed E-state index contributed by atoms with van der Waals surface area (Å²) in [6.45, 7) is 3.55. The smallest absolute Gasteiger partial charge is 0.270 e. The van der Waals surface area contributed by atoms with Crippen LogP contribution in [0.15, 0.2) is 18.2 Å². The van der Waals surface area contributed by atoms with Crippen molar-refractivity contribution in [1.29, 1.82) is 0 Å². The number of nitro benzene ring substituents is 1. The number of rotatable bonds is 7. The van der Waals surface area contributed by atoms with Crippen molar-refractivity contribution >= 4 is 17.9 Å². The molecular formula is C13H16N2O5. The van der Waals surface area contributed by atoms with Gasteiger partial charge in [-0.2, -0.15) is 0 Å². The minimum absolute atomic E-state index is 0.0357. The van der Waals surface area contributed by atoms with Gasteiger partial charge < -0.3 is 10.1 Å². The fourth-order valence-electron chi connectivity index (χ4n) is 1.43. The Morgan fingerprint density at radius 3 is 2.80 bits per heavy atom. The molecular weight excluding hydrogens is 264 g/mol. The van der Waals surface area contributed by atoms with Gasteiger partial charge in [-0.1, -0.05) is 6.92 Å². The van der Waals surface area contributed by atoms with Crippen LogP contribution in [0.2, 0.25) is 0 Å². The zero-order valence-corrected chi connectivity index (χ0v) is 11.3. The number of aldehydes is 1. The molecule has 7 heteroatoms. The number of ether oxygens (including phenoxy) is 1. The third kappa shape index (κ3) is 4.34. The molecule has 0 aliphatic heterocycles. The number of nitrogens with zero attached hydrogens (tertiary/aromatic N) is 1. The Balaban J connectivity index is 2.70. The van der Waals surface area contributed by atoms with Crippen LogP contribution < -0.4 is 10.1 Å². The molecule has 1 rings (SSSR count). The number of non-ortho nitro benzene ring substituents is 1.